The Kier molecular flexibility index (Phi) is 5.26. The molecule has 3 atom stereocenters. The molecule has 0 radical (unpaired) electrons. The van der Waals surface area contributed by atoms with Gasteiger partial charge in [0.15, 0.2) is 0 Å². The van der Waals surface area contributed by atoms with Crippen LogP contribution in [0.1, 0.15) is 38.8 Å². The number of likely N-dealkylation sites (tertiary alicyclic amines) is 1. The minimum atomic E-state index is 0.448. The van der Waals surface area contributed by atoms with Gasteiger partial charge in [0.05, 0.1) is 0 Å². The van der Waals surface area contributed by atoms with Gasteiger partial charge in [-0.3, -0.25) is 4.90 Å². The number of hydrogen-bond donors (Lipinski definition) is 1. The highest BCUT2D eigenvalue weighted by molar-refractivity contribution is 6.30. The summed E-state index contributed by atoms with van der Waals surface area (Å²) in [6.45, 7) is 10.2. The lowest BCUT2D eigenvalue weighted by atomic mass is 9.92. The Labute approximate surface area is 122 Å². The highest BCUT2D eigenvalue weighted by atomic mass is 35.5. The summed E-state index contributed by atoms with van der Waals surface area (Å²) in [5, 5.41) is 4.43. The fourth-order valence-electron chi connectivity index (χ4n) is 3.07. The molecule has 2 rings (SSSR count). The summed E-state index contributed by atoms with van der Waals surface area (Å²) in [6, 6.07) is 9.38. The van der Waals surface area contributed by atoms with Gasteiger partial charge in [0, 0.05) is 30.2 Å². The minimum absolute atomic E-state index is 0.448. The third-order valence-corrected chi connectivity index (χ3v) is 4.52. The van der Waals surface area contributed by atoms with E-state index in [4.69, 9.17) is 11.6 Å². The summed E-state index contributed by atoms with van der Waals surface area (Å²) >= 11 is 6.09. The topological polar surface area (TPSA) is 15.3 Å². The van der Waals surface area contributed by atoms with E-state index in [2.05, 4.69) is 43.1 Å². The molecule has 3 heteroatoms. The zero-order chi connectivity index (χ0) is 13.8. The van der Waals surface area contributed by atoms with Gasteiger partial charge in [-0.2, -0.15) is 0 Å². The van der Waals surface area contributed by atoms with Crippen molar-refractivity contribution in [1.29, 1.82) is 0 Å². The van der Waals surface area contributed by atoms with Crippen LogP contribution in [0.2, 0.25) is 5.02 Å². The van der Waals surface area contributed by atoms with Crippen molar-refractivity contribution >= 4 is 11.6 Å². The molecule has 1 aromatic carbocycles. The van der Waals surface area contributed by atoms with Crippen molar-refractivity contribution in [2.45, 2.75) is 39.3 Å². The first-order valence-electron chi connectivity index (χ1n) is 7.34. The number of nitrogens with one attached hydrogen (secondary N) is 1. The number of nitrogens with zero attached hydrogens (tertiary/aromatic N) is 1. The van der Waals surface area contributed by atoms with Crippen LogP contribution in [0.4, 0.5) is 0 Å². The Morgan fingerprint density at radius 3 is 2.89 bits per heavy atom. The lowest BCUT2D eigenvalue weighted by molar-refractivity contribution is 0.112. The van der Waals surface area contributed by atoms with Crippen LogP contribution in [0.5, 0.6) is 0 Å². The first-order valence-corrected chi connectivity index (χ1v) is 7.72. The van der Waals surface area contributed by atoms with Crippen LogP contribution in [-0.4, -0.2) is 30.6 Å². The summed E-state index contributed by atoms with van der Waals surface area (Å²) in [5.74, 6) is 0.704. The fraction of sp³-hybridized carbons (Fsp3) is 0.625. The van der Waals surface area contributed by atoms with Crippen LogP contribution < -0.4 is 5.32 Å². The molecule has 1 aliphatic rings. The smallest absolute Gasteiger partial charge is 0.0409 e. The lowest BCUT2D eigenvalue weighted by Gasteiger charge is -2.40. The third-order valence-electron chi connectivity index (χ3n) is 4.28. The molecule has 1 aromatic rings. The molecule has 2 nitrogen and oxygen atoms in total. The van der Waals surface area contributed by atoms with E-state index in [-0.39, 0.29) is 0 Å². The van der Waals surface area contributed by atoms with Crippen LogP contribution in [0, 0.1) is 5.92 Å². The van der Waals surface area contributed by atoms with Crippen molar-refractivity contribution in [3.8, 4) is 0 Å². The summed E-state index contributed by atoms with van der Waals surface area (Å²) < 4.78 is 0. The zero-order valence-corrected chi connectivity index (χ0v) is 13.0. The molecule has 1 fully saturated rings. The van der Waals surface area contributed by atoms with E-state index in [0.29, 0.717) is 18.0 Å². The molecular formula is C16H25ClN2. The van der Waals surface area contributed by atoms with Crippen molar-refractivity contribution in [3.63, 3.8) is 0 Å². The van der Waals surface area contributed by atoms with Crippen molar-refractivity contribution in [1.82, 2.24) is 10.2 Å². The molecular weight excluding hydrogens is 256 g/mol. The number of rotatable bonds is 4. The molecule has 0 aromatic heterocycles. The van der Waals surface area contributed by atoms with Crippen molar-refractivity contribution < 1.29 is 0 Å². The second-order valence-electron chi connectivity index (χ2n) is 5.66. The zero-order valence-electron chi connectivity index (χ0n) is 12.2. The maximum absolute atomic E-state index is 6.09. The van der Waals surface area contributed by atoms with Gasteiger partial charge in [0.1, 0.15) is 0 Å². The second kappa shape index (κ2) is 6.74. The fourth-order valence-corrected chi connectivity index (χ4v) is 3.27. The van der Waals surface area contributed by atoms with E-state index >= 15 is 0 Å². The number of piperidine rings is 1. The standard InChI is InChI=1S/C16H25ClN2/c1-4-18-16-8-9-19(11-12(16)2)13(3)14-6-5-7-15(17)10-14/h5-7,10,12-13,16,18H,4,8-9,11H2,1-3H3. The molecule has 1 heterocycles. The van der Waals surface area contributed by atoms with E-state index in [9.17, 15) is 0 Å². The average Bonchev–Trinajstić information content (AvgIpc) is 2.40. The van der Waals surface area contributed by atoms with Gasteiger partial charge in [-0.05, 0) is 43.5 Å². The monoisotopic (exact) mass is 280 g/mol. The second-order valence-corrected chi connectivity index (χ2v) is 6.09. The van der Waals surface area contributed by atoms with Crippen LogP contribution in [0.3, 0.4) is 0 Å². The van der Waals surface area contributed by atoms with Gasteiger partial charge in [0.2, 0.25) is 0 Å². The molecule has 19 heavy (non-hydrogen) atoms. The first kappa shape index (κ1) is 14.8. The van der Waals surface area contributed by atoms with Crippen molar-refractivity contribution in [3.05, 3.63) is 34.9 Å². The van der Waals surface area contributed by atoms with E-state index in [1.54, 1.807) is 0 Å². The minimum Gasteiger partial charge on any atom is -0.314 e. The van der Waals surface area contributed by atoms with Crippen LogP contribution in [-0.2, 0) is 0 Å². The van der Waals surface area contributed by atoms with Gasteiger partial charge >= 0.3 is 0 Å². The Balaban J connectivity index is 2.00. The highest BCUT2D eigenvalue weighted by Gasteiger charge is 2.28. The van der Waals surface area contributed by atoms with Crippen LogP contribution in [0.15, 0.2) is 24.3 Å². The molecule has 1 aliphatic heterocycles. The van der Waals surface area contributed by atoms with Gasteiger partial charge in [-0.1, -0.05) is 37.6 Å². The number of hydrogen-bond acceptors (Lipinski definition) is 2. The van der Waals surface area contributed by atoms with Gasteiger partial charge < -0.3 is 5.32 Å². The van der Waals surface area contributed by atoms with E-state index < -0.39 is 0 Å². The van der Waals surface area contributed by atoms with E-state index in [1.807, 2.05) is 12.1 Å². The highest BCUT2D eigenvalue weighted by Crippen LogP contribution is 2.27. The normalized spacial score (nSPS) is 26.3. The molecule has 106 valence electrons. The predicted octanol–water partition coefficient (Wildman–Crippen LogP) is 3.72. The van der Waals surface area contributed by atoms with Crippen molar-refractivity contribution in [2.75, 3.05) is 19.6 Å². The Hall–Kier alpha value is -0.570. The largest absolute Gasteiger partial charge is 0.314 e. The molecule has 0 aliphatic carbocycles. The summed E-state index contributed by atoms with van der Waals surface area (Å²) in [6.07, 6.45) is 1.24. The average molecular weight is 281 g/mol. The molecule has 1 N–H and O–H groups in total. The molecule has 0 bridgehead atoms. The molecule has 0 saturated carbocycles. The number of halogens is 1. The number of benzene rings is 1. The molecule has 0 spiro atoms. The first-order chi connectivity index (χ1) is 9.11. The molecule has 0 amide bonds. The van der Waals surface area contributed by atoms with Gasteiger partial charge in [-0.25, -0.2) is 0 Å². The van der Waals surface area contributed by atoms with Crippen LogP contribution in [0.25, 0.3) is 0 Å². The Morgan fingerprint density at radius 1 is 1.47 bits per heavy atom. The van der Waals surface area contributed by atoms with Crippen molar-refractivity contribution in [2.24, 2.45) is 5.92 Å². The van der Waals surface area contributed by atoms with Gasteiger partial charge in [-0.15, -0.1) is 0 Å². The summed E-state index contributed by atoms with van der Waals surface area (Å²) in [4.78, 5) is 2.57. The summed E-state index contributed by atoms with van der Waals surface area (Å²) in [5.41, 5.74) is 1.32. The van der Waals surface area contributed by atoms with E-state index in [0.717, 1.165) is 24.7 Å². The summed E-state index contributed by atoms with van der Waals surface area (Å²) in [7, 11) is 0. The van der Waals surface area contributed by atoms with E-state index in [1.165, 1.54) is 12.0 Å². The Bertz CT molecular complexity index is 407. The predicted molar refractivity (Wildman–Crippen MR) is 82.7 cm³/mol. The SMILES string of the molecule is CCNC1CCN(C(C)c2cccc(Cl)c2)CC1C. The lowest BCUT2D eigenvalue weighted by Crippen LogP contribution is -2.48. The van der Waals surface area contributed by atoms with Gasteiger partial charge in [0.25, 0.3) is 0 Å². The molecule has 3 unspecified atom stereocenters. The molecule has 1 saturated heterocycles. The maximum Gasteiger partial charge on any atom is 0.0409 e. The third kappa shape index (κ3) is 3.71. The quantitative estimate of drug-likeness (QED) is 0.904. The van der Waals surface area contributed by atoms with Crippen LogP contribution >= 0.6 is 11.6 Å². The maximum atomic E-state index is 6.09. The Morgan fingerprint density at radius 2 is 2.26 bits per heavy atom.